The summed E-state index contributed by atoms with van der Waals surface area (Å²) in [5.74, 6) is -0.467. The van der Waals surface area contributed by atoms with Crippen molar-refractivity contribution in [2.45, 2.75) is 25.4 Å². The topological polar surface area (TPSA) is 125 Å². The summed E-state index contributed by atoms with van der Waals surface area (Å²) in [6, 6.07) is 13.4. The molecule has 10 nitrogen and oxygen atoms in total. The third kappa shape index (κ3) is 8.60. The average molecular weight is 571 g/mol. The van der Waals surface area contributed by atoms with Gasteiger partial charge in [0.2, 0.25) is 11.8 Å². The fourth-order valence-electron chi connectivity index (χ4n) is 4.35. The Morgan fingerprint density at radius 1 is 1.18 bits per heavy atom. The van der Waals surface area contributed by atoms with Gasteiger partial charge in [0.15, 0.2) is 0 Å². The number of halogens is 2. The number of aromatic nitrogens is 1. The minimum Gasteiger partial charge on any atom is -0.447 e. The third-order valence-electron chi connectivity index (χ3n) is 6.44. The predicted molar refractivity (Wildman–Crippen MR) is 150 cm³/mol. The number of carbonyl (C=O) groups excluding carboxylic acids is 3. The second kappa shape index (κ2) is 14.5. The van der Waals surface area contributed by atoms with Crippen molar-refractivity contribution < 1.29 is 23.5 Å². The number of rotatable bonds is 12. The van der Waals surface area contributed by atoms with Crippen LogP contribution in [0.2, 0.25) is 5.02 Å². The number of hydrogen-bond acceptors (Lipinski definition) is 7. The van der Waals surface area contributed by atoms with Crippen LogP contribution in [0.1, 0.15) is 18.4 Å². The number of hydrogen-bond donors (Lipinski definition) is 4. The molecule has 0 aliphatic carbocycles. The molecule has 0 unspecified atom stereocenters. The van der Waals surface area contributed by atoms with Crippen LogP contribution in [-0.2, 0) is 20.9 Å². The summed E-state index contributed by atoms with van der Waals surface area (Å²) in [6.45, 7) is 2.30. The molecule has 3 aromatic rings. The van der Waals surface area contributed by atoms with Crippen LogP contribution in [0.5, 0.6) is 0 Å². The zero-order chi connectivity index (χ0) is 28.3. The number of nitrogens with zero attached hydrogens (tertiary/aromatic N) is 2. The van der Waals surface area contributed by atoms with Crippen LogP contribution >= 0.6 is 11.6 Å². The fourth-order valence-corrected chi connectivity index (χ4v) is 4.54. The first-order valence-corrected chi connectivity index (χ1v) is 13.5. The lowest BCUT2D eigenvalue weighted by Crippen LogP contribution is -2.48. The summed E-state index contributed by atoms with van der Waals surface area (Å²) in [4.78, 5) is 43.2. The number of nitrogens with one attached hydrogen (secondary N) is 4. The minimum absolute atomic E-state index is 0.0102. The van der Waals surface area contributed by atoms with Crippen molar-refractivity contribution in [1.29, 1.82) is 0 Å². The number of ether oxygens (including phenoxy) is 1. The minimum atomic E-state index is -0.696. The van der Waals surface area contributed by atoms with E-state index in [1.54, 1.807) is 29.3 Å². The van der Waals surface area contributed by atoms with Crippen molar-refractivity contribution in [3.63, 3.8) is 0 Å². The Hall–Kier alpha value is -3.80. The monoisotopic (exact) mass is 570 g/mol. The Bertz CT molecular complexity index is 1340. The van der Waals surface area contributed by atoms with Crippen molar-refractivity contribution in [2.24, 2.45) is 0 Å². The summed E-state index contributed by atoms with van der Waals surface area (Å²) >= 11 is 5.98. The molecule has 1 aromatic heterocycles. The van der Waals surface area contributed by atoms with Gasteiger partial charge in [-0.3, -0.25) is 14.9 Å². The van der Waals surface area contributed by atoms with Crippen molar-refractivity contribution in [3.05, 3.63) is 71.1 Å². The Balaban J connectivity index is 1.29. The van der Waals surface area contributed by atoms with E-state index in [0.29, 0.717) is 43.9 Å². The zero-order valence-corrected chi connectivity index (χ0v) is 22.7. The van der Waals surface area contributed by atoms with Gasteiger partial charge >= 0.3 is 6.09 Å². The Morgan fingerprint density at radius 3 is 2.83 bits per heavy atom. The van der Waals surface area contributed by atoms with Gasteiger partial charge in [0, 0.05) is 37.8 Å². The molecule has 4 N–H and O–H groups in total. The molecular formula is C28H32ClFN6O4. The van der Waals surface area contributed by atoms with Gasteiger partial charge in [-0.15, -0.1) is 0 Å². The van der Waals surface area contributed by atoms with Crippen LogP contribution in [-0.4, -0.2) is 73.2 Å². The highest BCUT2D eigenvalue weighted by molar-refractivity contribution is 6.31. The van der Waals surface area contributed by atoms with E-state index in [9.17, 15) is 18.8 Å². The van der Waals surface area contributed by atoms with E-state index < -0.39 is 18.0 Å². The highest BCUT2D eigenvalue weighted by Gasteiger charge is 2.20. The Labute approximate surface area is 236 Å². The van der Waals surface area contributed by atoms with Crippen LogP contribution in [0.3, 0.4) is 0 Å². The average Bonchev–Trinajstić information content (AvgIpc) is 2.95. The van der Waals surface area contributed by atoms with Gasteiger partial charge in [-0.05, 0) is 35.9 Å². The summed E-state index contributed by atoms with van der Waals surface area (Å²) in [5.41, 5.74) is 0.536. The lowest BCUT2D eigenvalue weighted by atomic mass is 10.1. The number of anilines is 1. The van der Waals surface area contributed by atoms with Gasteiger partial charge in [-0.1, -0.05) is 48.0 Å². The van der Waals surface area contributed by atoms with E-state index in [-0.39, 0.29) is 36.5 Å². The van der Waals surface area contributed by atoms with Crippen molar-refractivity contribution in [2.75, 3.05) is 44.6 Å². The molecule has 0 spiro atoms. The molecule has 1 saturated heterocycles. The summed E-state index contributed by atoms with van der Waals surface area (Å²) < 4.78 is 19.1. The lowest BCUT2D eigenvalue weighted by molar-refractivity contribution is -0.132. The van der Waals surface area contributed by atoms with Crippen molar-refractivity contribution in [3.8, 4) is 0 Å². The molecule has 0 saturated carbocycles. The maximum Gasteiger partial charge on any atom is 0.412 e. The quantitative estimate of drug-likeness (QED) is 0.264. The molecule has 2 heterocycles. The first-order chi connectivity index (χ1) is 19.4. The van der Waals surface area contributed by atoms with Gasteiger partial charge in [0.25, 0.3) is 0 Å². The van der Waals surface area contributed by atoms with E-state index in [1.807, 2.05) is 24.3 Å². The smallest absolute Gasteiger partial charge is 0.412 e. The highest BCUT2D eigenvalue weighted by Crippen LogP contribution is 2.19. The van der Waals surface area contributed by atoms with Crippen LogP contribution < -0.4 is 21.3 Å². The van der Waals surface area contributed by atoms with E-state index in [1.165, 1.54) is 6.07 Å². The molecule has 12 heteroatoms. The standard InChI is InChI=1S/C28H32ClFN6O4/c29-27-21(7-3-9-23(27)30)14-32-16-25(37)34-22(8-4-11-36-12-10-31-17-26(36)38)18-40-28(39)35-24-13-19-5-1-2-6-20(19)15-33-24/h1-3,5-7,9,13,15,22,31-32H,4,8,10-12,14,16-18H2,(H,34,37)(H,33,35,39)/t22-/m0/s1. The van der Waals surface area contributed by atoms with Crippen LogP contribution in [0.25, 0.3) is 10.8 Å². The summed E-state index contributed by atoms with van der Waals surface area (Å²) in [5, 5.41) is 13.4. The van der Waals surface area contributed by atoms with Crippen molar-refractivity contribution in [1.82, 2.24) is 25.8 Å². The van der Waals surface area contributed by atoms with Crippen molar-refractivity contribution >= 4 is 46.1 Å². The maximum absolute atomic E-state index is 13.7. The number of piperazine rings is 1. The van der Waals surface area contributed by atoms with Gasteiger partial charge in [0.1, 0.15) is 18.2 Å². The number of benzene rings is 2. The largest absolute Gasteiger partial charge is 0.447 e. The molecule has 2 aromatic carbocycles. The maximum atomic E-state index is 13.7. The van der Waals surface area contributed by atoms with Gasteiger partial charge in [-0.2, -0.15) is 0 Å². The first kappa shape index (κ1) is 29.2. The van der Waals surface area contributed by atoms with E-state index >= 15 is 0 Å². The predicted octanol–water partition coefficient (Wildman–Crippen LogP) is 3.06. The van der Waals surface area contributed by atoms with E-state index in [2.05, 4.69) is 26.3 Å². The molecule has 0 radical (unpaired) electrons. The number of fused-ring (bicyclic) bond motifs is 1. The zero-order valence-electron chi connectivity index (χ0n) is 21.9. The van der Waals surface area contributed by atoms with Gasteiger partial charge < -0.3 is 25.6 Å². The third-order valence-corrected chi connectivity index (χ3v) is 6.87. The van der Waals surface area contributed by atoms with Crippen LogP contribution in [0, 0.1) is 5.82 Å². The first-order valence-electron chi connectivity index (χ1n) is 13.1. The highest BCUT2D eigenvalue weighted by atomic mass is 35.5. The molecular weight excluding hydrogens is 539 g/mol. The molecule has 212 valence electrons. The molecule has 1 aliphatic rings. The summed E-state index contributed by atoms with van der Waals surface area (Å²) in [7, 11) is 0. The molecule has 4 rings (SSSR count). The van der Waals surface area contributed by atoms with Gasteiger partial charge in [0.05, 0.1) is 24.2 Å². The molecule has 1 aliphatic heterocycles. The molecule has 1 atom stereocenters. The molecule has 3 amide bonds. The van der Waals surface area contributed by atoms with Gasteiger partial charge in [-0.25, -0.2) is 14.2 Å². The fraction of sp³-hybridized carbons (Fsp3) is 0.357. The van der Waals surface area contributed by atoms with E-state index in [0.717, 1.165) is 17.3 Å². The normalized spacial score (nSPS) is 14.2. The summed E-state index contributed by atoms with van der Waals surface area (Å²) in [6.07, 6.45) is 2.06. The molecule has 1 fully saturated rings. The SMILES string of the molecule is O=C(CNCc1cccc(F)c1Cl)N[C@@H](CCCN1CCNCC1=O)COC(=O)Nc1cc2ccccc2cn1. The molecule has 40 heavy (non-hydrogen) atoms. The van der Waals surface area contributed by atoms with Crippen LogP contribution in [0.15, 0.2) is 54.7 Å². The second-order valence-electron chi connectivity index (χ2n) is 9.42. The molecule has 0 bridgehead atoms. The second-order valence-corrected chi connectivity index (χ2v) is 9.80. The lowest BCUT2D eigenvalue weighted by Gasteiger charge is -2.28. The Kier molecular flexibility index (Phi) is 10.6. The van der Waals surface area contributed by atoms with Crippen LogP contribution in [0.4, 0.5) is 15.0 Å². The van der Waals surface area contributed by atoms with E-state index in [4.69, 9.17) is 16.3 Å². The number of carbonyl (C=O) groups is 3. The number of pyridine rings is 1. The Morgan fingerprint density at radius 2 is 2.00 bits per heavy atom. The number of amides is 3.